The van der Waals surface area contributed by atoms with Gasteiger partial charge in [-0.05, 0) is 193 Å². The fourth-order valence-corrected chi connectivity index (χ4v) is 8.18. The van der Waals surface area contributed by atoms with E-state index in [4.69, 9.17) is 0 Å². The third-order valence-electron chi connectivity index (χ3n) is 11.1. The van der Waals surface area contributed by atoms with Crippen LogP contribution in [-0.2, 0) is 11.8 Å². The van der Waals surface area contributed by atoms with Crippen molar-refractivity contribution in [1.29, 1.82) is 0 Å². The Bertz CT molecular complexity index is 1910. The van der Waals surface area contributed by atoms with Gasteiger partial charge in [0.05, 0.1) is 5.41 Å². The van der Waals surface area contributed by atoms with Crippen LogP contribution in [0.4, 0.5) is 0 Å². The van der Waals surface area contributed by atoms with Gasteiger partial charge < -0.3 is 0 Å². The molecule has 0 unspecified atom stereocenters. The highest BCUT2D eigenvalue weighted by atomic mass is 14.5. The largest absolute Gasteiger partial charge is 0.0658 e. The van der Waals surface area contributed by atoms with E-state index in [-0.39, 0.29) is 0 Å². The molecule has 3 aliphatic rings. The quantitative estimate of drug-likeness (QED) is 0.215. The van der Waals surface area contributed by atoms with Crippen molar-refractivity contribution in [2.45, 2.75) is 81.0 Å². The first-order valence-corrected chi connectivity index (χ1v) is 14.6. The molecule has 1 spiro atoms. The van der Waals surface area contributed by atoms with E-state index in [1.165, 1.54) is 89.0 Å². The molecular weight excluding hydrogens is 480 g/mol. The van der Waals surface area contributed by atoms with Gasteiger partial charge in [-0.3, -0.25) is 0 Å². The SMILES string of the molecule is [3H]C1([3H])c2ccccc2-c2cc3c(cc21)C1(C=C3)c2c(C)c(C)c(C)c(C)c2C(C)=C(C)c2c(C)c(C)c(C)c(C)c21. The Kier molecular flexibility index (Phi) is 4.73. The van der Waals surface area contributed by atoms with Gasteiger partial charge in [-0.15, -0.1) is 0 Å². The van der Waals surface area contributed by atoms with Gasteiger partial charge in [-0.1, -0.05) is 42.5 Å². The van der Waals surface area contributed by atoms with Crippen LogP contribution in [0.15, 0.2) is 42.5 Å². The molecule has 0 saturated heterocycles. The third-order valence-corrected chi connectivity index (χ3v) is 11.1. The predicted molar refractivity (Wildman–Crippen MR) is 173 cm³/mol. The predicted octanol–water partition coefficient (Wildman–Crippen LogP) is 10.4. The van der Waals surface area contributed by atoms with Gasteiger partial charge in [0.2, 0.25) is 0 Å². The van der Waals surface area contributed by atoms with E-state index in [1.807, 2.05) is 18.2 Å². The van der Waals surface area contributed by atoms with Crippen molar-refractivity contribution < 1.29 is 2.74 Å². The molecule has 4 aromatic carbocycles. The van der Waals surface area contributed by atoms with Crippen molar-refractivity contribution in [3.05, 3.63) is 131 Å². The molecule has 40 heavy (non-hydrogen) atoms. The van der Waals surface area contributed by atoms with Crippen LogP contribution < -0.4 is 0 Å². The summed E-state index contributed by atoms with van der Waals surface area (Å²) >= 11 is 0. The fourth-order valence-electron chi connectivity index (χ4n) is 8.18. The monoisotopic (exact) mass is 524 g/mol. The molecule has 3 aliphatic carbocycles. The average Bonchev–Trinajstić information content (AvgIpc) is 3.42. The number of hydrogen-bond donors (Lipinski definition) is 0. The van der Waals surface area contributed by atoms with Crippen molar-refractivity contribution in [3.63, 3.8) is 0 Å². The van der Waals surface area contributed by atoms with E-state index in [1.54, 1.807) is 0 Å². The van der Waals surface area contributed by atoms with Crippen molar-refractivity contribution in [3.8, 4) is 11.1 Å². The van der Waals surface area contributed by atoms with Crippen molar-refractivity contribution in [1.82, 2.24) is 0 Å². The summed E-state index contributed by atoms with van der Waals surface area (Å²) in [6.07, 6.45) is 3.23. The van der Waals surface area contributed by atoms with Crippen LogP contribution in [0.2, 0.25) is 0 Å². The molecule has 0 radical (unpaired) electrons. The highest BCUT2D eigenvalue weighted by molar-refractivity contribution is 5.99. The molecule has 7 rings (SSSR count). The summed E-state index contributed by atoms with van der Waals surface area (Å²) in [5.74, 6) is 0. The first-order valence-electron chi connectivity index (χ1n) is 15.6. The molecule has 4 aromatic rings. The zero-order valence-electron chi connectivity index (χ0n) is 27.6. The Morgan fingerprint density at radius 2 is 1.10 bits per heavy atom. The van der Waals surface area contributed by atoms with Crippen molar-refractivity contribution in [2.75, 3.05) is 0 Å². The highest BCUT2D eigenvalue weighted by Crippen LogP contribution is 2.58. The Morgan fingerprint density at radius 1 is 0.575 bits per heavy atom. The molecule has 0 aromatic heterocycles. The maximum Gasteiger partial charge on any atom is 0.0658 e. The maximum atomic E-state index is 9.33. The molecule has 0 heterocycles. The highest BCUT2D eigenvalue weighted by Gasteiger charge is 2.47. The van der Waals surface area contributed by atoms with Crippen molar-refractivity contribution in [2.24, 2.45) is 0 Å². The van der Waals surface area contributed by atoms with Crippen LogP contribution in [0, 0.1) is 55.4 Å². The topological polar surface area (TPSA) is 0 Å². The van der Waals surface area contributed by atoms with E-state index in [0.29, 0.717) is 0 Å². The zero-order valence-corrected chi connectivity index (χ0v) is 25.6. The minimum Gasteiger partial charge on any atom is -0.0645 e. The van der Waals surface area contributed by atoms with E-state index in [9.17, 15) is 2.74 Å². The van der Waals surface area contributed by atoms with E-state index in [2.05, 4.69) is 99.6 Å². The average molecular weight is 525 g/mol. The first kappa shape index (κ1) is 23.1. The first-order chi connectivity index (χ1) is 19.8. The second kappa shape index (κ2) is 8.20. The van der Waals surface area contributed by atoms with Gasteiger partial charge >= 0.3 is 0 Å². The molecule has 0 fully saturated rings. The van der Waals surface area contributed by atoms with Gasteiger partial charge in [0.15, 0.2) is 0 Å². The second-order valence-corrected chi connectivity index (χ2v) is 12.5. The molecule has 0 nitrogen and oxygen atoms in total. The van der Waals surface area contributed by atoms with E-state index in [0.717, 1.165) is 22.3 Å². The van der Waals surface area contributed by atoms with Crippen LogP contribution in [-0.4, -0.2) is 0 Å². The number of allylic oxidation sites excluding steroid dienone is 3. The van der Waals surface area contributed by atoms with Gasteiger partial charge in [-0.2, -0.15) is 0 Å². The lowest BCUT2D eigenvalue weighted by atomic mass is 9.63. The molecular formula is C40H40. The van der Waals surface area contributed by atoms with Crippen LogP contribution in [0.3, 0.4) is 0 Å². The Balaban J connectivity index is 1.73. The summed E-state index contributed by atoms with van der Waals surface area (Å²) in [5.41, 5.74) is 24.5. The Hall–Kier alpha value is -3.64. The summed E-state index contributed by atoms with van der Waals surface area (Å²) in [5, 5.41) is 0. The van der Waals surface area contributed by atoms with Gasteiger partial charge in [-0.25, -0.2) is 0 Å². The molecule has 0 saturated carbocycles. The third kappa shape index (κ3) is 2.87. The molecule has 0 heteroatoms. The second-order valence-electron chi connectivity index (χ2n) is 12.5. The van der Waals surface area contributed by atoms with E-state index >= 15 is 0 Å². The normalized spacial score (nSPS) is 17.6. The summed E-state index contributed by atoms with van der Waals surface area (Å²) in [7, 11) is 0. The standard InChI is InChI=1S/C40H40/c1-20-22(3)28(9)38-36(24(20)5)26(7)27(8)37-25(6)21(2)23(4)29(10)39(37)40(38)16-15-31-18-34-32(19-35(31)40)17-30-13-11-12-14-33(30)34/h11-16,18-19H,17H2,1-10H3/i17T2. The summed E-state index contributed by atoms with van der Waals surface area (Å²) in [4.78, 5) is 0. The summed E-state index contributed by atoms with van der Waals surface area (Å²) in [6.45, 7) is 23.0. The molecule has 0 atom stereocenters. The number of hydrogen-bond acceptors (Lipinski definition) is 0. The minimum absolute atomic E-state index is 0.528. The number of fused-ring (bicyclic) bond motifs is 9. The van der Waals surface area contributed by atoms with E-state index < -0.39 is 11.8 Å². The minimum atomic E-state index is -1.55. The molecule has 200 valence electrons. The van der Waals surface area contributed by atoms with Crippen LogP contribution >= 0.6 is 0 Å². The lowest BCUT2D eigenvalue weighted by Gasteiger charge is -2.38. The van der Waals surface area contributed by atoms with Gasteiger partial charge in [0, 0.05) is 2.74 Å². The summed E-state index contributed by atoms with van der Waals surface area (Å²) < 4.78 is 18.7. The Labute approximate surface area is 243 Å². The van der Waals surface area contributed by atoms with Crippen LogP contribution in [0.1, 0.15) is 106 Å². The molecule has 0 aliphatic heterocycles. The molecule has 0 N–H and O–H groups in total. The number of benzene rings is 4. The molecule has 0 bridgehead atoms. The summed E-state index contributed by atoms with van der Waals surface area (Å²) in [6, 6.07) is 12.5. The lowest BCUT2D eigenvalue weighted by molar-refractivity contribution is 0.764. The zero-order chi connectivity index (χ0) is 30.2. The Morgan fingerprint density at radius 3 is 1.68 bits per heavy atom. The smallest absolute Gasteiger partial charge is 0.0645 e. The molecule has 0 amide bonds. The fraction of sp³-hybridized carbons (Fsp3) is 0.300. The van der Waals surface area contributed by atoms with Crippen molar-refractivity contribution >= 4 is 17.2 Å². The van der Waals surface area contributed by atoms with Crippen LogP contribution in [0.25, 0.3) is 28.3 Å². The van der Waals surface area contributed by atoms with Gasteiger partial charge in [0.1, 0.15) is 0 Å². The number of rotatable bonds is 0. The van der Waals surface area contributed by atoms with Gasteiger partial charge in [0.25, 0.3) is 0 Å². The lowest BCUT2D eigenvalue weighted by Crippen LogP contribution is -2.31. The maximum absolute atomic E-state index is 9.33. The van der Waals surface area contributed by atoms with Crippen LogP contribution in [0.5, 0.6) is 0 Å².